The second kappa shape index (κ2) is 15.4. The molecule has 0 bridgehead atoms. The van der Waals surface area contributed by atoms with Gasteiger partial charge in [0.15, 0.2) is 5.78 Å². The molecule has 1 unspecified atom stereocenters. The highest BCUT2D eigenvalue weighted by Crippen LogP contribution is 2.18. The number of carbonyl (C=O) groups excluding carboxylic acids is 1. The summed E-state index contributed by atoms with van der Waals surface area (Å²) in [6, 6.07) is 6.12. The largest absolute Gasteiger partial charge is 0.494 e. The molecule has 7 heteroatoms. The van der Waals surface area contributed by atoms with Gasteiger partial charge in [-0.2, -0.15) is 0 Å². The third-order valence-corrected chi connectivity index (χ3v) is 5.35. The zero-order valence-corrected chi connectivity index (χ0v) is 18.6. The molecule has 0 heterocycles. The zero-order chi connectivity index (χ0) is 23.1. The molecular formula is C24H37NO6. The molecule has 0 amide bonds. The Kier molecular flexibility index (Phi) is 13.2. The van der Waals surface area contributed by atoms with Gasteiger partial charge in [-0.25, -0.2) is 0 Å². The van der Waals surface area contributed by atoms with E-state index in [4.69, 9.17) is 15.6 Å². The smallest absolute Gasteiger partial charge is 0.320 e. The van der Waals surface area contributed by atoms with Gasteiger partial charge in [-0.3, -0.25) is 14.4 Å². The molecule has 7 nitrogen and oxygen atoms in total. The predicted octanol–water partition coefficient (Wildman–Crippen LogP) is 4.67. The zero-order valence-electron chi connectivity index (χ0n) is 18.6. The molecule has 0 fully saturated rings. The number of hydrogen-bond donors (Lipinski definition) is 3. The summed E-state index contributed by atoms with van der Waals surface area (Å²) in [6.45, 7) is 2.70. The first-order valence-electron chi connectivity index (χ1n) is 11.3. The van der Waals surface area contributed by atoms with Crippen molar-refractivity contribution in [2.45, 2.75) is 83.6 Å². The Bertz CT molecular complexity index is 673. The second-order valence-corrected chi connectivity index (χ2v) is 8.03. The molecule has 0 aliphatic carbocycles. The van der Waals surface area contributed by atoms with Gasteiger partial charge in [0, 0.05) is 12.0 Å². The highest BCUT2D eigenvalue weighted by molar-refractivity contribution is 5.96. The maximum Gasteiger partial charge on any atom is 0.320 e. The van der Waals surface area contributed by atoms with E-state index >= 15 is 0 Å². The number of rotatable bonds is 18. The number of benzene rings is 1. The Hall–Kier alpha value is -2.41. The minimum Gasteiger partial charge on any atom is -0.494 e. The van der Waals surface area contributed by atoms with Crippen LogP contribution in [0.3, 0.4) is 0 Å². The first-order valence-corrected chi connectivity index (χ1v) is 11.3. The van der Waals surface area contributed by atoms with Gasteiger partial charge >= 0.3 is 11.9 Å². The van der Waals surface area contributed by atoms with Crippen LogP contribution in [0.1, 0.15) is 87.9 Å². The van der Waals surface area contributed by atoms with Crippen molar-refractivity contribution in [3.63, 3.8) is 0 Å². The van der Waals surface area contributed by atoms with Gasteiger partial charge in [0.05, 0.1) is 12.5 Å². The van der Waals surface area contributed by atoms with Crippen LogP contribution in [0.4, 0.5) is 0 Å². The molecule has 174 valence electrons. The molecule has 0 spiro atoms. The lowest BCUT2D eigenvalue weighted by molar-refractivity contribution is -0.143. The van der Waals surface area contributed by atoms with Crippen molar-refractivity contribution in [1.82, 2.24) is 0 Å². The van der Waals surface area contributed by atoms with Gasteiger partial charge < -0.3 is 20.7 Å². The van der Waals surface area contributed by atoms with E-state index in [0.29, 0.717) is 25.9 Å². The van der Waals surface area contributed by atoms with Crippen molar-refractivity contribution in [2.24, 2.45) is 11.7 Å². The number of unbranched alkanes of at least 4 members (excludes halogenated alkanes) is 6. The van der Waals surface area contributed by atoms with Crippen LogP contribution < -0.4 is 10.5 Å². The Morgan fingerprint density at radius 2 is 1.55 bits per heavy atom. The highest BCUT2D eigenvalue weighted by Gasteiger charge is 2.23. The van der Waals surface area contributed by atoms with Crippen LogP contribution in [0, 0.1) is 5.92 Å². The summed E-state index contributed by atoms with van der Waals surface area (Å²) < 4.78 is 5.71. The van der Waals surface area contributed by atoms with Crippen LogP contribution >= 0.6 is 0 Å². The number of aliphatic carboxylic acids is 2. The average molecular weight is 436 g/mol. The van der Waals surface area contributed by atoms with Gasteiger partial charge in [-0.1, -0.05) is 45.4 Å². The number of ether oxygens (including phenoxy) is 1. The highest BCUT2D eigenvalue weighted by atomic mass is 16.5. The van der Waals surface area contributed by atoms with Gasteiger partial charge in [0.1, 0.15) is 11.8 Å². The molecule has 31 heavy (non-hydrogen) atoms. The quantitative estimate of drug-likeness (QED) is 0.226. The molecule has 1 aromatic carbocycles. The lowest BCUT2D eigenvalue weighted by atomic mass is 9.94. The number of ketones is 1. The second-order valence-electron chi connectivity index (χ2n) is 8.03. The van der Waals surface area contributed by atoms with Crippen LogP contribution in [0.5, 0.6) is 5.75 Å². The number of carbonyl (C=O) groups is 3. The molecule has 0 aliphatic rings. The summed E-state index contributed by atoms with van der Waals surface area (Å²) in [4.78, 5) is 34.2. The van der Waals surface area contributed by atoms with E-state index in [9.17, 15) is 19.5 Å². The van der Waals surface area contributed by atoms with Gasteiger partial charge in [0.2, 0.25) is 0 Å². The standard InChI is InChI=1S/C24H37NO6/c1-2-3-4-8-11-22(26)18-12-14-20(15-13-18)31-16-9-6-5-7-10-19(23(27)28)17-21(25)24(29)30/h12-15,19,21H,2-11,16-17,25H2,1H3,(H,27,28)(H,29,30)/t19?,21-/m0/s1. The predicted molar refractivity (Wildman–Crippen MR) is 119 cm³/mol. The summed E-state index contributed by atoms with van der Waals surface area (Å²) in [5.74, 6) is -1.99. The Labute approximate surface area is 185 Å². The molecule has 1 rings (SSSR count). The Morgan fingerprint density at radius 1 is 0.903 bits per heavy atom. The van der Waals surface area contributed by atoms with Crippen molar-refractivity contribution in [2.75, 3.05) is 6.61 Å². The minimum absolute atomic E-state index is 0.0506. The van der Waals surface area contributed by atoms with Crippen molar-refractivity contribution in [3.05, 3.63) is 29.8 Å². The van der Waals surface area contributed by atoms with Gasteiger partial charge in [-0.05, 0) is 49.9 Å². The molecule has 0 aliphatic heterocycles. The fourth-order valence-corrected chi connectivity index (χ4v) is 3.38. The van der Waals surface area contributed by atoms with Crippen molar-refractivity contribution in [1.29, 1.82) is 0 Å². The van der Waals surface area contributed by atoms with E-state index in [2.05, 4.69) is 6.92 Å². The molecule has 0 saturated heterocycles. The first-order chi connectivity index (χ1) is 14.8. The molecule has 2 atom stereocenters. The number of carboxylic acids is 2. The fraction of sp³-hybridized carbons (Fsp3) is 0.625. The van der Waals surface area contributed by atoms with E-state index < -0.39 is 23.9 Å². The number of carboxylic acid groups (broad SMARTS) is 2. The third kappa shape index (κ3) is 11.5. The van der Waals surface area contributed by atoms with Gasteiger partial charge in [-0.15, -0.1) is 0 Å². The van der Waals surface area contributed by atoms with Crippen molar-refractivity contribution < 1.29 is 29.3 Å². The molecule has 1 aromatic rings. The number of nitrogens with two attached hydrogens (primary N) is 1. The SMILES string of the molecule is CCCCCCC(=O)c1ccc(OCCCCCCC(C[C@H](N)C(=O)O)C(=O)O)cc1. The first kappa shape index (κ1) is 26.6. The van der Waals surface area contributed by atoms with E-state index in [-0.39, 0.29) is 12.2 Å². The maximum absolute atomic E-state index is 12.1. The Morgan fingerprint density at radius 3 is 2.16 bits per heavy atom. The minimum atomic E-state index is -1.17. The summed E-state index contributed by atoms with van der Waals surface area (Å²) >= 11 is 0. The normalized spacial score (nSPS) is 12.8. The lowest BCUT2D eigenvalue weighted by Crippen LogP contribution is -2.34. The lowest BCUT2D eigenvalue weighted by Gasteiger charge is -2.14. The van der Waals surface area contributed by atoms with E-state index in [1.54, 1.807) is 0 Å². The van der Waals surface area contributed by atoms with Crippen LogP contribution in [0.15, 0.2) is 24.3 Å². The summed E-state index contributed by atoms with van der Waals surface area (Å²) in [5.41, 5.74) is 6.16. The molecular weight excluding hydrogens is 398 g/mol. The van der Waals surface area contributed by atoms with Crippen molar-refractivity contribution >= 4 is 17.7 Å². The van der Waals surface area contributed by atoms with Gasteiger partial charge in [0.25, 0.3) is 0 Å². The number of Topliss-reactive ketones (excluding diaryl/α,β-unsaturated/α-hetero) is 1. The summed E-state index contributed by atoms with van der Waals surface area (Å²) in [7, 11) is 0. The Balaban J connectivity index is 2.20. The third-order valence-electron chi connectivity index (χ3n) is 5.35. The molecule has 0 aromatic heterocycles. The summed E-state index contributed by atoms with van der Waals surface area (Å²) in [5, 5.41) is 18.0. The molecule has 4 N–H and O–H groups in total. The maximum atomic E-state index is 12.1. The average Bonchev–Trinajstić information content (AvgIpc) is 2.75. The molecule has 0 saturated carbocycles. The number of hydrogen-bond acceptors (Lipinski definition) is 5. The van der Waals surface area contributed by atoms with Crippen LogP contribution in [0.25, 0.3) is 0 Å². The molecule has 0 radical (unpaired) electrons. The van der Waals surface area contributed by atoms with E-state index in [1.807, 2.05) is 24.3 Å². The van der Waals surface area contributed by atoms with Crippen LogP contribution in [-0.4, -0.2) is 40.6 Å². The van der Waals surface area contributed by atoms with E-state index in [1.165, 1.54) is 6.42 Å². The monoisotopic (exact) mass is 435 g/mol. The topological polar surface area (TPSA) is 127 Å². The van der Waals surface area contributed by atoms with E-state index in [0.717, 1.165) is 49.8 Å². The van der Waals surface area contributed by atoms with Crippen LogP contribution in [-0.2, 0) is 9.59 Å². The summed E-state index contributed by atoms with van der Waals surface area (Å²) in [6.07, 6.45) is 8.60. The fourth-order valence-electron chi connectivity index (χ4n) is 3.38. The van der Waals surface area contributed by atoms with Crippen LogP contribution in [0.2, 0.25) is 0 Å². The van der Waals surface area contributed by atoms with Crippen molar-refractivity contribution in [3.8, 4) is 5.75 Å².